The van der Waals surface area contributed by atoms with Crippen LogP contribution in [0.3, 0.4) is 0 Å². The summed E-state index contributed by atoms with van der Waals surface area (Å²) < 4.78 is 28.3. The highest BCUT2D eigenvalue weighted by atomic mass is 32.2. The van der Waals surface area contributed by atoms with Gasteiger partial charge < -0.3 is 53.6 Å². The fourth-order valence-corrected chi connectivity index (χ4v) is 6.58. The lowest BCUT2D eigenvalue weighted by Crippen LogP contribution is -2.61. The number of unbranched alkanes of at least 4 members (excludes halogenated alkanes) is 11. The number of sulfonamides is 1. The first kappa shape index (κ1) is 48.6. The van der Waals surface area contributed by atoms with Crippen LogP contribution in [0.1, 0.15) is 124 Å². The van der Waals surface area contributed by atoms with Crippen LogP contribution in [0.2, 0.25) is 0 Å². The molecule has 0 bridgehead atoms. The number of hydrogen-bond donors (Lipinski definition) is 11. The van der Waals surface area contributed by atoms with Crippen molar-refractivity contribution in [1.29, 1.82) is 0 Å². The predicted molar refractivity (Wildman–Crippen MR) is 198 cm³/mol. The molecule has 51 heavy (non-hydrogen) atoms. The van der Waals surface area contributed by atoms with E-state index in [2.05, 4.69) is 32.9 Å². The minimum Gasteiger partial charge on any atom is -0.425 e. The molecule has 4 amide bonds. The summed E-state index contributed by atoms with van der Waals surface area (Å²) in [6.45, 7) is 5.43. The smallest absolute Gasteiger partial charge is 0.425 e. The van der Waals surface area contributed by atoms with Crippen LogP contribution in [0.25, 0.3) is 0 Å². The van der Waals surface area contributed by atoms with Crippen LogP contribution in [0.4, 0.5) is 0 Å². The van der Waals surface area contributed by atoms with Crippen molar-refractivity contribution >= 4 is 40.8 Å². The minimum atomic E-state index is -3.85. The summed E-state index contributed by atoms with van der Waals surface area (Å²) in [7, 11) is -5.89. The molecule has 0 saturated heterocycles. The van der Waals surface area contributed by atoms with Gasteiger partial charge in [0.2, 0.25) is 33.7 Å². The number of nitrogens with two attached hydrogens (primary N) is 3. The molecule has 6 unspecified atom stereocenters. The maximum absolute atomic E-state index is 13.3. The van der Waals surface area contributed by atoms with Gasteiger partial charge in [-0.2, -0.15) is 0 Å². The molecule has 0 aliphatic heterocycles. The van der Waals surface area contributed by atoms with Gasteiger partial charge in [-0.3, -0.25) is 19.2 Å². The molecule has 0 aromatic heterocycles. The molecule has 14 N–H and O–H groups in total. The molecule has 0 aliphatic rings. The molecule has 0 aromatic rings. The SMILES string of the molecule is CCCCCCCCCCCCS(=O)(=O)NC(CCCCN)C(=O)NC(C(=O)NC(C)C(=O)NC(CCCCN)C(=O)NC(N)B(O)O)C(C)O. The normalized spacial score (nSPS) is 15.2. The van der Waals surface area contributed by atoms with E-state index in [1.54, 1.807) is 0 Å². The molecule has 6 atom stereocenters. The van der Waals surface area contributed by atoms with Gasteiger partial charge in [-0.05, 0) is 65.5 Å². The van der Waals surface area contributed by atoms with Gasteiger partial charge in [0.05, 0.1) is 11.9 Å². The molecule has 0 aliphatic carbocycles. The van der Waals surface area contributed by atoms with Crippen LogP contribution >= 0.6 is 0 Å². The van der Waals surface area contributed by atoms with E-state index in [0.29, 0.717) is 45.2 Å². The number of hydrogen-bond acceptors (Lipinski definition) is 12. The standard InChI is InChI=1S/C32H67BN8O9S/c1-4-5-6-7-8-9-10-11-12-17-22-51(49,50)41-26(19-14-16-21-35)30(45)39-27(24(3)42)31(46)37-23(2)28(43)38-25(18-13-15-20-34)29(44)40-32(36)33(47)48/h23-27,32,41-42,47-48H,4-22,34-36H2,1-3H3,(H,37,46)(H,38,43)(H,39,45)(H,40,44). The zero-order valence-corrected chi connectivity index (χ0v) is 31.7. The van der Waals surface area contributed by atoms with Crippen LogP contribution < -0.4 is 43.2 Å². The Morgan fingerprint density at radius 1 is 0.647 bits per heavy atom. The predicted octanol–water partition coefficient (Wildman–Crippen LogP) is -1.28. The highest BCUT2D eigenvalue weighted by Gasteiger charge is 2.33. The number of amides is 4. The van der Waals surface area contributed by atoms with Gasteiger partial charge in [0, 0.05) is 0 Å². The summed E-state index contributed by atoms with van der Waals surface area (Å²) in [5.74, 6) is -3.48. The number of carbonyl (C=O) groups excluding carboxylic acids is 4. The van der Waals surface area contributed by atoms with E-state index in [-0.39, 0.29) is 18.6 Å². The van der Waals surface area contributed by atoms with E-state index in [1.165, 1.54) is 46.0 Å². The van der Waals surface area contributed by atoms with Crippen molar-refractivity contribution < 1.29 is 42.8 Å². The molecule has 298 valence electrons. The summed E-state index contributed by atoms with van der Waals surface area (Å²) in [4.78, 5) is 52.2. The Bertz CT molecular complexity index is 1100. The quantitative estimate of drug-likeness (QED) is 0.0224. The summed E-state index contributed by atoms with van der Waals surface area (Å²) in [5, 5.41) is 38.3. The maximum Gasteiger partial charge on any atom is 0.490 e. The van der Waals surface area contributed by atoms with Crippen LogP contribution in [0, 0.1) is 0 Å². The first-order valence-electron chi connectivity index (χ1n) is 18.5. The molecular weight excluding hydrogens is 683 g/mol. The van der Waals surface area contributed by atoms with Crippen molar-refractivity contribution in [2.75, 3.05) is 18.8 Å². The highest BCUT2D eigenvalue weighted by molar-refractivity contribution is 7.89. The lowest BCUT2D eigenvalue weighted by molar-refractivity contribution is -0.135. The van der Waals surface area contributed by atoms with Crippen molar-refractivity contribution in [1.82, 2.24) is 26.0 Å². The van der Waals surface area contributed by atoms with Gasteiger partial charge >= 0.3 is 7.12 Å². The van der Waals surface area contributed by atoms with Gasteiger partial charge in [-0.1, -0.05) is 71.1 Å². The lowest BCUT2D eigenvalue weighted by Gasteiger charge is -2.27. The van der Waals surface area contributed by atoms with Gasteiger partial charge in [0.1, 0.15) is 30.2 Å². The van der Waals surface area contributed by atoms with E-state index < -0.39 is 77.1 Å². The third-order valence-electron chi connectivity index (χ3n) is 8.38. The largest absolute Gasteiger partial charge is 0.490 e. The summed E-state index contributed by atoms with van der Waals surface area (Å²) in [5.41, 5.74) is 16.6. The molecular formula is C32H67BN8O9S. The second kappa shape index (κ2) is 28.2. The minimum absolute atomic E-state index is 0.109. The fourth-order valence-electron chi connectivity index (χ4n) is 5.22. The zero-order valence-electron chi connectivity index (χ0n) is 30.9. The van der Waals surface area contributed by atoms with Crippen molar-refractivity contribution in [2.45, 2.75) is 160 Å². The monoisotopic (exact) mass is 750 g/mol. The number of aliphatic hydroxyl groups is 1. The van der Waals surface area contributed by atoms with E-state index in [1.807, 2.05) is 0 Å². The highest BCUT2D eigenvalue weighted by Crippen LogP contribution is 2.12. The van der Waals surface area contributed by atoms with Crippen LogP contribution in [-0.2, 0) is 29.2 Å². The summed E-state index contributed by atoms with van der Waals surface area (Å²) >= 11 is 0. The van der Waals surface area contributed by atoms with Crippen molar-refractivity contribution in [3.05, 3.63) is 0 Å². The molecule has 19 heteroatoms. The number of carbonyl (C=O) groups is 4. The Labute approximate surface area is 305 Å². The summed E-state index contributed by atoms with van der Waals surface area (Å²) in [6, 6.07) is -6.69. The van der Waals surface area contributed by atoms with Crippen LogP contribution in [-0.4, -0.2) is 109 Å². The Balaban J connectivity index is 5.37. The Hall–Kier alpha value is -2.39. The van der Waals surface area contributed by atoms with E-state index in [0.717, 1.165) is 25.7 Å². The van der Waals surface area contributed by atoms with Gasteiger partial charge in [0.25, 0.3) is 0 Å². The van der Waals surface area contributed by atoms with Gasteiger partial charge in [0.15, 0.2) is 0 Å². The molecule has 17 nitrogen and oxygen atoms in total. The van der Waals surface area contributed by atoms with Crippen molar-refractivity contribution in [2.24, 2.45) is 17.2 Å². The average Bonchev–Trinajstić information content (AvgIpc) is 3.06. The molecule has 0 spiro atoms. The number of rotatable bonds is 31. The van der Waals surface area contributed by atoms with Crippen LogP contribution in [0.5, 0.6) is 0 Å². The third-order valence-corrected chi connectivity index (χ3v) is 9.85. The maximum atomic E-state index is 13.3. The molecule has 0 fully saturated rings. The lowest BCUT2D eigenvalue weighted by atomic mass is 9.86. The fraction of sp³-hybridized carbons (Fsp3) is 0.875. The zero-order chi connectivity index (χ0) is 38.8. The second-order valence-electron chi connectivity index (χ2n) is 13.2. The molecule has 0 rings (SSSR count). The molecule has 0 heterocycles. The number of nitrogens with one attached hydrogen (secondary N) is 5. The third kappa shape index (κ3) is 23.0. The second-order valence-corrected chi connectivity index (χ2v) is 15.1. The van der Waals surface area contributed by atoms with Crippen LogP contribution in [0.15, 0.2) is 0 Å². The molecule has 0 saturated carbocycles. The average molecular weight is 751 g/mol. The Morgan fingerprint density at radius 2 is 1.14 bits per heavy atom. The van der Waals surface area contributed by atoms with Gasteiger partial charge in [-0.15, -0.1) is 0 Å². The van der Waals surface area contributed by atoms with Crippen molar-refractivity contribution in [3.8, 4) is 0 Å². The van der Waals surface area contributed by atoms with E-state index >= 15 is 0 Å². The first-order valence-corrected chi connectivity index (χ1v) is 20.2. The van der Waals surface area contributed by atoms with E-state index in [9.17, 15) is 42.8 Å². The molecule has 0 aromatic carbocycles. The van der Waals surface area contributed by atoms with E-state index in [4.69, 9.17) is 17.2 Å². The molecule has 0 radical (unpaired) electrons. The van der Waals surface area contributed by atoms with Crippen molar-refractivity contribution in [3.63, 3.8) is 0 Å². The first-order chi connectivity index (χ1) is 24.1. The topological polar surface area (TPSA) is 301 Å². The number of aliphatic hydroxyl groups excluding tert-OH is 1. The summed E-state index contributed by atoms with van der Waals surface area (Å²) in [6.07, 6.45) is 11.1. The van der Waals surface area contributed by atoms with Gasteiger partial charge in [-0.25, -0.2) is 13.1 Å². The Morgan fingerprint density at radius 3 is 1.63 bits per heavy atom. The Kier molecular flexibility index (Phi) is 26.8.